The van der Waals surface area contributed by atoms with Gasteiger partial charge in [-0.15, -0.1) is 0 Å². The minimum atomic E-state index is -4.19. The molecule has 1 aliphatic carbocycles. The molecule has 1 saturated carbocycles. The van der Waals surface area contributed by atoms with Gasteiger partial charge in [-0.25, -0.2) is 0 Å². The van der Waals surface area contributed by atoms with Gasteiger partial charge in [-0.05, 0) is 83.9 Å². The Balaban J connectivity index is 1.33. The van der Waals surface area contributed by atoms with E-state index < -0.39 is 11.6 Å². The Morgan fingerprint density at radius 2 is 1.37 bits per heavy atom. The summed E-state index contributed by atoms with van der Waals surface area (Å²) < 4.78 is 45.0. The largest absolute Gasteiger partial charge is 0.493 e. The number of rotatable bonds is 10. The highest BCUT2D eigenvalue weighted by atomic mass is 19.4. The van der Waals surface area contributed by atoms with E-state index in [-0.39, 0.29) is 19.4 Å². The lowest BCUT2D eigenvalue weighted by Crippen LogP contribution is -2.30. The highest BCUT2D eigenvalue weighted by Gasteiger charge is 2.63. The third-order valence-corrected chi connectivity index (χ3v) is 6.89. The van der Waals surface area contributed by atoms with E-state index in [0.29, 0.717) is 17.6 Å². The van der Waals surface area contributed by atoms with Crippen molar-refractivity contribution in [2.75, 3.05) is 6.61 Å². The second-order valence-corrected chi connectivity index (χ2v) is 10.7. The first-order valence-electron chi connectivity index (χ1n) is 12.6. The highest BCUT2D eigenvalue weighted by molar-refractivity contribution is 5.64. The van der Waals surface area contributed by atoms with Gasteiger partial charge in [0.1, 0.15) is 17.8 Å². The fraction of sp³-hybridized carbons (Fsp3) is 0.419. The van der Waals surface area contributed by atoms with Gasteiger partial charge in [-0.3, -0.25) is 0 Å². The lowest BCUT2D eigenvalue weighted by Gasteiger charge is -2.20. The van der Waals surface area contributed by atoms with Crippen molar-refractivity contribution in [3.8, 4) is 16.9 Å². The molecule has 3 aromatic carbocycles. The van der Waals surface area contributed by atoms with Crippen molar-refractivity contribution < 1.29 is 17.9 Å². The molecule has 0 heterocycles. The Hall–Kier alpha value is -2.75. The molecule has 1 unspecified atom stereocenters. The summed E-state index contributed by atoms with van der Waals surface area (Å²) in [5.41, 5.74) is 4.57. The standard InChI is InChI=1S/C31H35F3O/c1-22(2)16-25-6-4-8-28(19-25)27-12-10-24(11-13-27)17-23(3)18-26-7-5-9-29(20-26)35-21-30(14-15-30)31(32,33)34/h4-13,19-20,22-23H,14-18,21H2,1-3H3. The summed E-state index contributed by atoms with van der Waals surface area (Å²) in [5, 5.41) is 0. The number of alkyl halides is 3. The third kappa shape index (κ3) is 6.68. The number of hydrogen-bond acceptors (Lipinski definition) is 1. The summed E-state index contributed by atoms with van der Waals surface area (Å²) >= 11 is 0. The van der Waals surface area contributed by atoms with Crippen molar-refractivity contribution in [2.45, 2.75) is 59.1 Å². The van der Waals surface area contributed by atoms with Gasteiger partial charge in [0.05, 0.1) is 0 Å². The first-order valence-corrected chi connectivity index (χ1v) is 12.6. The van der Waals surface area contributed by atoms with Crippen molar-refractivity contribution in [3.63, 3.8) is 0 Å². The normalized spacial score (nSPS) is 15.7. The van der Waals surface area contributed by atoms with Crippen molar-refractivity contribution in [2.24, 2.45) is 17.3 Å². The molecule has 186 valence electrons. The van der Waals surface area contributed by atoms with Gasteiger partial charge in [0, 0.05) is 0 Å². The van der Waals surface area contributed by atoms with E-state index in [1.165, 1.54) is 22.3 Å². The molecule has 1 fully saturated rings. The van der Waals surface area contributed by atoms with Gasteiger partial charge in [0.15, 0.2) is 0 Å². The van der Waals surface area contributed by atoms with E-state index >= 15 is 0 Å². The van der Waals surface area contributed by atoms with Crippen LogP contribution < -0.4 is 4.74 Å². The van der Waals surface area contributed by atoms with Crippen molar-refractivity contribution >= 4 is 0 Å². The summed E-state index contributed by atoms with van der Waals surface area (Å²) in [6.07, 6.45) is -0.994. The molecule has 1 aliphatic rings. The van der Waals surface area contributed by atoms with E-state index in [9.17, 15) is 13.2 Å². The average Bonchev–Trinajstić information content (AvgIpc) is 3.60. The second-order valence-electron chi connectivity index (χ2n) is 10.7. The molecule has 1 nitrogen and oxygen atoms in total. The van der Waals surface area contributed by atoms with Crippen LogP contribution in [-0.2, 0) is 19.3 Å². The Kier molecular flexibility index (Phi) is 7.59. The molecule has 35 heavy (non-hydrogen) atoms. The van der Waals surface area contributed by atoms with Crippen LogP contribution in [0.1, 0.15) is 50.3 Å². The quantitative estimate of drug-likeness (QED) is 0.282. The predicted molar refractivity (Wildman–Crippen MR) is 137 cm³/mol. The van der Waals surface area contributed by atoms with Crippen LogP contribution in [0.3, 0.4) is 0 Å². The fourth-order valence-corrected chi connectivity index (χ4v) is 4.70. The molecule has 0 N–H and O–H groups in total. The number of halogens is 3. The zero-order valence-corrected chi connectivity index (χ0v) is 20.9. The number of benzene rings is 3. The molecular weight excluding hydrogens is 445 g/mol. The Morgan fingerprint density at radius 1 is 0.743 bits per heavy atom. The zero-order valence-electron chi connectivity index (χ0n) is 20.9. The molecule has 0 radical (unpaired) electrons. The molecule has 4 rings (SSSR count). The summed E-state index contributed by atoms with van der Waals surface area (Å²) in [4.78, 5) is 0. The topological polar surface area (TPSA) is 9.23 Å². The minimum absolute atomic E-state index is 0.162. The van der Waals surface area contributed by atoms with E-state index in [1.807, 2.05) is 18.2 Å². The molecule has 0 spiro atoms. The van der Waals surface area contributed by atoms with Crippen LogP contribution in [0.2, 0.25) is 0 Å². The maximum Gasteiger partial charge on any atom is 0.397 e. The van der Waals surface area contributed by atoms with Gasteiger partial charge in [-0.1, -0.05) is 81.4 Å². The van der Waals surface area contributed by atoms with E-state index in [2.05, 4.69) is 69.3 Å². The number of hydrogen-bond donors (Lipinski definition) is 0. The lowest BCUT2D eigenvalue weighted by molar-refractivity contribution is -0.194. The van der Waals surface area contributed by atoms with Gasteiger partial charge in [-0.2, -0.15) is 13.2 Å². The van der Waals surface area contributed by atoms with Gasteiger partial charge < -0.3 is 4.74 Å². The second kappa shape index (κ2) is 10.5. The Labute approximate surface area is 207 Å². The van der Waals surface area contributed by atoms with Crippen LogP contribution in [0, 0.1) is 17.3 Å². The van der Waals surface area contributed by atoms with Crippen LogP contribution in [0.5, 0.6) is 5.75 Å². The molecule has 0 aliphatic heterocycles. The van der Waals surface area contributed by atoms with Crippen LogP contribution in [0.15, 0.2) is 72.8 Å². The van der Waals surface area contributed by atoms with Gasteiger partial charge >= 0.3 is 6.18 Å². The highest BCUT2D eigenvalue weighted by Crippen LogP contribution is 2.57. The van der Waals surface area contributed by atoms with Crippen molar-refractivity contribution in [3.05, 3.63) is 89.5 Å². The van der Waals surface area contributed by atoms with Crippen molar-refractivity contribution in [1.82, 2.24) is 0 Å². The summed E-state index contributed by atoms with van der Waals surface area (Å²) in [6.45, 7) is 6.40. The number of ether oxygens (including phenoxy) is 1. The molecule has 3 aromatic rings. The maximum absolute atomic E-state index is 13.2. The fourth-order valence-electron chi connectivity index (χ4n) is 4.70. The molecule has 0 amide bonds. The molecular formula is C31H35F3O. The first-order chi connectivity index (χ1) is 16.6. The predicted octanol–water partition coefficient (Wildman–Crippen LogP) is 8.69. The molecule has 0 bridgehead atoms. The van der Waals surface area contributed by atoms with E-state index in [1.54, 1.807) is 6.07 Å². The van der Waals surface area contributed by atoms with Crippen LogP contribution in [0.4, 0.5) is 13.2 Å². The van der Waals surface area contributed by atoms with Crippen LogP contribution in [-0.4, -0.2) is 12.8 Å². The monoisotopic (exact) mass is 480 g/mol. The summed E-state index contributed by atoms with van der Waals surface area (Å²) in [5.74, 6) is 1.56. The van der Waals surface area contributed by atoms with E-state index in [4.69, 9.17) is 4.74 Å². The van der Waals surface area contributed by atoms with Gasteiger partial charge in [0.25, 0.3) is 0 Å². The first kappa shape index (κ1) is 25.3. The molecule has 4 heteroatoms. The minimum Gasteiger partial charge on any atom is -0.493 e. The Bertz CT molecular complexity index is 1110. The maximum atomic E-state index is 13.2. The average molecular weight is 481 g/mol. The SMILES string of the molecule is CC(C)Cc1cccc(-c2ccc(CC(C)Cc3cccc(OCC4(C(F)(F)F)CC4)c3)cc2)c1. The molecule has 1 atom stereocenters. The zero-order chi connectivity index (χ0) is 25.1. The van der Waals surface area contributed by atoms with Gasteiger partial charge in [0.2, 0.25) is 0 Å². The third-order valence-electron chi connectivity index (χ3n) is 6.89. The molecule has 0 aromatic heterocycles. The lowest BCUT2D eigenvalue weighted by atomic mass is 9.92. The van der Waals surface area contributed by atoms with Crippen LogP contribution in [0.25, 0.3) is 11.1 Å². The van der Waals surface area contributed by atoms with Crippen LogP contribution >= 0.6 is 0 Å². The summed E-state index contributed by atoms with van der Waals surface area (Å²) in [7, 11) is 0. The molecule has 0 saturated heterocycles. The summed E-state index contributed by atoms with van der Waals surface area (Å²) in [6, 6.07) is 25.1. The van der Waals surface area contributed by atoms with Crippen molar-refractivity contribution in [1.29, 1.82) is 0 Å². The smallest absolute Gasteiger partial charge is 0.397 e. The van der Waals surface area contributed by atoms with E-state index in [0.717, 1.165) is 24.8 Å². The Morgan fingerprint density at radius 3 is 2.00 bits per heavy atom.